The summed E-state index contributed by atoms with van der Waals surface area (Å²) >= 11 is 0. The molecule has 0 amide bonds. The first kappa shape index (κ1) is 15.2. The second-order valence-corrected chi connectivity index (χ2v) is 5.87. The predicted molar refractivity (Wildman–Crippen MR) is 89.7 cm³/mol. The molecule has 0 aliphatic carbocycles. The van der Waals surface area contributed by atoms with Crippen LogP contribution in [0, 0.1) is 13.8 Å². The van der Waals surface area contributed by atoms with Crippen LogP contribution in [0.2, 0.25) is 0 Å². The van der Waals surface area contributed by atoms with Gasteiger partial charge in [-0.3, -0.25) is 0 Å². The standard InChI is InChI=1S/C18H19N3O2/c1-12-7-13(2)9-15(8-12)14-3-5-21(6-4-14)17-11-19-16(10-20-17)18(22)23/h3,7-11H,4-6H2,1-2H3,(H,22,23). The smallest absolute Gasteiger partial charge is 0.356 e. The van der Waals surface area contributed by atoms with Crippen LogP contribution in [0.1, 0.15) is 33.6 Å². The SMILES string of the molecule is Cc1cc(C)cc(C2=CCN(c3cnc(C(=O)O)cn3)CC2)c1. The molecule has 5 nitrogen and oxygen atoms in total. The Morgan fingerprint density at radius 1 is 1.13 bits per heavy atom. The first-order valence-electron chi connectivity index (χ1n) is 7.61. The Kier molecular flexibility index (Phi) is 4.10. The van der Waals surface area contributed by atoms with Gasteiger partial charge in [-0.2, -0.15) is 0 Å². The van der Waals surface area contributed by atoms with E-state index in [4.69, 9.17) is 5.11 Å². The van der Waals surface area contributed by atoms with Gasteiger partial charge in [-0.05, 0) is 31.4 Å². The zero-order valence-electron chi connectivity index (χ0n) is 13.3. The summed E-state index contributed by atoms with van der Waals surface area (Å²) in [6, 6.07) is 6.62. The van der Waals surface area contributed by atoms with Gasteiger partial charge in [0.2, 0.25) is 0 Å². The van der Waals surface area contributed by atoms with Crippen molar-refractivity contribution < 1.29 is 9.90 Å². The van der Waals surface area contributed by atoms with Crippen LogP contribution in [0.3, 0.4) is 0 Å². The van der Waals surface area contributed by atoms with E-state index < -0.39 is 5.97 Å². The Morgan fingerprint density at radius 3 is 2.39 bits per heavy atom. The number of nitrogens with zero attached hydrogens (tertiary/aromatic N) is 3. The molecule has 0 radical (unpaired) electrons. The Morgan fingerprint density at radius 2 is 1.87 bits per heavy atom. The summed E-state index contributed by atoms with van der Waals surface area (Å²) in [5.41, 5.74) is 5.16. The third-order valence-electron chi connectivity index (χ3n) is 3.98. The third kappa shape index (κ3) is 3.39. The molecular formula is C18H19N3O2. The summed E-state index contributed by atoms with van der Waals surface area (Å²) in [7, 11) is 0. The number of rotatable bonds is 3. The number of benzene rings is 1. The Bertz CT molecular complexity index is 746. The maximum Gasteiger partial charge on any atom is 0.356 e. The zero-order valence-corrected chi connectivity index (χ0v) is 13.3. The van der Waals surface area contributed by atoms with E-state index in [1.54, 1.807) is 0 Å². The maximum absolute atomic E-state index is 10.8. The lowest BCUT2D eigenvalue weighted by atomic mass is 9.96. The lowest BCUT2D eigenvalue weighted by Gasteiger charge is -2.27. The number of carboxylic acid groups (broad SMARTS) is 1. The van der Waals surface area contributed by atoms with E-state index in [2.05, 4.69) is 53.0 Å². The first-order chi connectivity index (χ1) is 11.0. The molecule has 0 saturated heterocycles. The molecule has 3 rings (SSSR count). The summed E-state index contributed by atoms with van der Waals surface area (Å²) in [5.74, 6) is -0.342. The van der Waals surface area contributed by atoms with Crippen molar-refractivity contribution in [2.24, 2.45) is 0 Å². The summed E-state index contributed by atoms with van der Waals surface area (Å²) in [6.45, 7) is 5.83. The summed E-state index contributed by atoms with van der Waals surface area (Å²) in [6.07, 6.45) is 5.98. The van der Waals surface area contributed by atoms with E-state index in [9.17, 15) is 4.79 Å². The van der Waals surface area contributed by atoms with Crippen LogP contribution < -0.4 is 4.90 Å². The number of aryl methyl sites for hydroxylation is 2. The number of aromatic carboxylic acids is 1. The molecule has 0 bridgehead atoms. The van der Waals surface area contributed by atoms with Crippen LogP contribution in [0.5, 0.6) is 0 Å². The van der Waals surface area contributed by atoms with Gasteiger partial charge in [0, 0.05) is 13.1 Å². The largest absolute Gasteiger partial charge is 0.476 e. The fraction of sp³-hybridized carbons (Fsp3) is 0.278. The van der Waals surface area contributed by atoms with E-state index in [-0.39, 0.29) is 5.69 Å². The minimum atomic E-state index is -1.06. The highest BCUT2D eigenvalue weighted by molar-refractivity contribution is 5.85. The normalized spacial score (nSPS) is 14.5. The van der Waals surface area contributed by atoms with Crippen LogP contribution in [-0.4, -0.2) is 34.1 Å². The van der Waals surface area contributed by atoms with E-state index in [1.807, 2.05) is 0 Å². The first-order valence-corrected chi connectivity index (χ1v) is 7.61. The van der Waals surface area contributed by atoms with Crippen molar-refractivity contribution in [3.63, 3.8) is 0 Å². The van der Waals surface area contributed by atoms with Gasteiger partial charge in [0.25, 0.3) is 0 Å². The van der Waals surface area contributed by atoms with Crippen molar-refractivity contribution in [1.82, 2.24) is 9.97 Å². The number of anilines is 1. The highest BCUT2D eigenvalue weighted by Crippen LogP contribution is 2.26. The van der Waals surface area contributed by atoms with Crippen molar-refractivity contribution in [2.45, 2.75) is 20.3 Å². The van der Waals surface area contributed by atoms with Gasteiger partial charge in [-0.25, -0.2) is 14.8 Å². The van der Waals surface area contributed by atoms with E-state index >= 15 is 0 Å². The number of hydrogen-bond acceptors (Lipinski definition) is 4. The highest BCUT2D eigenvalue weighted by atomic mass is 16.4. The van der Waals surface area contributed by atoms with Gasteiger partial charge in [0.05, 0.1) is 12.4 Å². The van der Waals surface area contributed by atoms with Crippen LogP contribution in [0.15, 0.2) is 36.7 Å². The molecule has 1 aromatic heterocycles. The molecule has 2 aromatic rings. The van der Waals surface area contributed by atoms with E-state index in [1.165, 1.54) is 34.7 Å². The van der Waals surface area contributed by atoms with Crippen LogP contribution in [0.4, 0.5) is 5.82 Å². The summed E-state index contributed by atoms with van der Waals surface area (Å²) < 4.78 is 0. The Balaban J connectivity index is 1.76. The minimum absolute atomic E-state index is 0.0303. The molecule has 0 saturated carbocycles. The molecule has 1 aliphatic heterocycles. The Labute approximate surface area is 135 Å². The number of carboxylic acids is 1. The van der Waals surface area contributed by atoms with Crippen molar-refractivity contribution in [2.75, 3.05) is 18.0 Å². The zero-order chi connectivity index (χ0) is 16.4. The van der Waals surface area contributed by atoms with Gasteiger partial charge < -0.3 is 10.0 Å². The molecule has 23 heavy (non-hydrogen) atoms. The molecule has 118 valence electrons. The van der Waals surface area contributed by atoms with Crippen LogP contribution >= 0.6 is 0 Å². The molecule has 0 atom stereocenters. The van der Waals surface area contributed by atoms with Crippen LogP contribution in [-0.2, 0) is 0 Å². The quantitative estimate of drug-likeness (QED) is 0.943. The van der Waals surface area contributed by atoms with Crippen molar-refractivity contribution >= 4 is 17.4 Å². The fourth-order valence-electron chi connectivity index (χ4n) is 2.89. The molecule has 5 heteroatoms. The highest BCUT2D eigenvalue weighted by Gasteiger charge is 2.16. The van der Waals surface area contributed by atoms with E-state index in [0.29, 0.717) is 5.82 Å². The number of hydrogen-bond donors (Lipinski definition) is 1. The van der Waals surface area contributed by atoms with Gasteiger partial charge >= 0.3 is 5.97 Å². The van der Waals surface area contributed by atoms with E-state index in [0.717, 1.165) is 19.5 Å². The van der Waals surface area contributed by atoms with Gasteiger partial charge in [0.15, 0.2) is 5.69 Å². The molecule has 2 heterocycles. The second-order valence-electron chi connectivity index (χ2n) is 5.87. The molecule has 0 unspecified atom stereocenters. The molecule has 1 N–H and O–H groups in total. The third-order valence-corrected chi connectivity index (χ3v) is 3.98. The topological polar surface area (TPSA) is 66.3 Å². The number of aromatic nitrogens is 2. The molecule has 1 aliphatic rings. The van der Waals surface area contributed by atoms with Gasteiger partial charge in [0.1, 0.15) is 5.82 Å². The average molecular weight is 309 g/mol. The second kappa shape index (κ2) is 6.20. The molecule has 0 fully saturated rings. The summed E-state index contributed by atoms with van der Waals surface area (Å²) in [4.78, 5) is 21.1. The van der Waals surface area contributed by atoms with Gasteiger partial charge in [-0.1, -0.05) is 35.4 Å². The van der Waals surface area contributed by atoms with Gasteiger partial charge in [-0.15, -0.1) is 0 Å². The van der Waals surface area contributed by atoms with Crippen molar-refractivity contribution in [3.05, 3.63) is 59.1 Å². The maximum atomic E-state index is 10.8. The van der Waals surface area contributed by atoms with Crippen molar-refractivity contribution in [3.8, 4) is 0 Å². The van der Waals surface area contributed by atoms with Crippen LogP contribution in [0.25, 0.3) is 5.57 Å². The molecule has 0 spiro atoms. The monoisotopic (exact) mass is 309 g/mol. The lowest BCUT2D eigenvalue weighted by Crippen LogP contribution is -2.29. The average Bonchev–Trinajstić information content (AvgIpc) is 2.54. The molecular weight excluding hydrogens is 290 g/mol. The predicted octanol–water partition coefficient (Wildman–Crippen LogP) is 3.09. The summed E-state index contributed by atoms with van der Waals surface area (Å²) in [5, 5.41) is 8.87. The number of carbonyl (C=O) groups is 1. The molecule has 1 aromatic carbocycles. The minimum Gasteiger partial charge on any atom is -0.476 e. The lowest BCUT2D eigenvalue weighted by molar-refractivity contribution is 0.0690. The fourth-order valence-corrected chi connectivity index (χ4v) is 2.89. The van der Waals surface area contributed by atoms with Crippen molar-refractivity contribution in [1.29, 1.82) is 0 Å². The Hall–Kier alpha value is -2.69.